The third kappa shape index (κ3) is 9.37. The summed E-state index contributed by atoms with van der Waals surface area (Å²) in [5.41, 5.74) is 0.684. The van der Waals surface area contributed by atoms with Crippen LogP contribution in [0.5, 0.6) is 0 Å². The molecular weight excluding hydrogens is 1060 g/mol. The molecule has 6 heterocycles. The highest BCUT2D eigenvalue weighted by molar-refractivity contribution is 5.90. The highest BCUT2D eigenvalue weighted by atomic mass is 16.6. The Balaban J connectivity index is 0.000000138. The minimum Gasteiger partial charge on any atom is -0.481 e. The van der Waals surface area contributed by atoms with Gasteiger partial charge in [-0.2, -0.15) is 0 Å². The van der Waals surface area contributed by atoms with Gasteiger partial charge in [-0.05, 0) is 129 Å². The van der Waals surface area contributed by atoms with E-state index in [1.54, 1.807) is 57.9 Å². The number of aliphatic hydroxyl groups is 1. The zero-order valence-corrected chi connectivity index (χ0v) is 49.2. The van der Waals surface area contributed by atoms with Crippen LogP contribution in [0.2, 0.25) is 0 Å². The number of hydrogen-bond donors (Lipinski definition) is 2. The predicted molar refractivity (Wildman–Crippen MR) is 291 cm³/mol. The van der Waals surface area contributed by atoms with E-state index in [1.165, 1.54) is 14.2 Å². The summed E-state index contributed by atoms with van der Waals surface area (Å²) in [5.74, 6) is -3.40. The Labute approximate surface area is 480 Å². The number of allylic oxidation sites excluding steroid dienone is 1. The standard InChI is InChI=1S/C22H30O6.C22H28O6.C20H26O6/c2*1-21-11-16(13-8-9-27-12-13)28-20(24)15(21)10-18(25-3)22(2)14(19(23)26-4)6-5-7-17(21)22;1-19-9-14(11-6-7-25-10-11)26-18(24)13(19)8-16(21)20(2)12(17(22)23)4-3-5-15(19)20/h8-9,12,14-18H,5-7,10-11H2,1-4H3;6,8-9,12,15-18H,5,7,10-11H2,1-4H3;6-7,10,12-16,21H,3-5,8-9H2,1-2H3,(H,22,23)/t14?,15?,16?,17-,18?,21+,22-;15?,16?,17-,18?,21+,22-;12?,13?,14?,15-,16?,19+,20-/m000/s1. The van der Waals surface area contributed by atoms with Crippen LogP contribution in [0.4, 0.5) is 0 Å². The van der Waals surface area contributed by atoms with Crippen LogP contribution in [0.15, 0.2) is 80.7 Å². The molecule has 0 aromatic carbocycles. The van der Waals surface area contributed by atoms with Gasteiger partial charge >= 0.3 is 35.8 Å². The van der Waals surface area contributed by atoms with Gasteiger partial charge in [0.15, 0.2) is 0 Å². The number of methoxy groups -OCH3 is 4. The molecule has 9 aliphatic rings. The van der Waals surface area contributed by atoms with Gasteiger partial charge in [0.1, 0.15) is 18.3 Å². The zero-order valence-electron chi connectivity index (χ0n) is 49.2. The third-order valence-electron chi connectivity index (χ3n) is 23.3. The number of carbonyl (C=O) groups excluding carboxylic acids is 5. The minimum absolute atomic E-state index is 0.0409. The molecule has 3 aromatic heterocycles. The Morgan fingerprint density at radius 2 is 0.988 bits per heavy atom. The summed E-state index contributed by atoms with van der Waals surface area (Å²) < 4.78 is 54.9. The summed E-state index contributed by atoms with van der Waals surface area (Å²) in [6.07, 6.45) is 19.4. The van der Waals surface area contributed by atoms with Crippen LogP contribution in [0.3, 0.4) is 0 Å². The average Bonchev–Trinajstić information content (AvgIpc) is 2.78. The van der Waals surface area contributed by atoms with Gasteiger partial charge in [-0.1, -0.05) is 60.5 Å². The number of esters is 5. The summed E-state index contributed by atoms with van der Waals surface area (Å²) in [4.78, 5) is 76.1. The molecule has 12 rings (SSSR count). The predicted octanol–water partition coefficient (Wildman–Crippen LogP) is 10.9. The second kappa shape index (κ2) is 22.4. The van der Waals surface area contributed by atoms with Crippen molar-refractivity contribution in [2.24, 2.45) is 79.8 Å². The van der Waals surface area contributed by atoms with E-state index in [4.69, 9.17) is 46.4 Å². The molecule has 82 heavy (non-hydrogen) atoms. The van der Waals surface area contributed by atoms with E-state index in [2.05, 4.69) is 34.6 Å². The van der Waals surface area contributed by atoms with Crippen molar-refractivity contribution in [1.82, 2.24) is 0 Å². The number of ether oxygens (including phenoxy) is 7. The number of carboxylic acid groups (broad SMARTS) is 1. The van der Waals surface area contributed by atoms with Crippen molar-refractivity contribution in [3.8, 4) is 0 Å². The zero-order chi connectivity index (χ0) is 58.9. The summed E-state index contributed by atoms with van der Waals surface area (Å²) in [6.45, 7) is 12.7. The van der Waals surface area contributed by atoms with E-state index in [1.807, 2.05) is 25.1 Å². The van der Waals surface area contributed by atoms with Crippen LogP contribution in [-0.4, -0.2) is 92.8 Å². The summed E-state index contributed by atoms with van der Waals surface area (Å²) >= 11 is 0. The fourth-order valence-corrected chi connectivity index (χ4v) is 19.1. The second-order valence-corrected chi connectivity index (χ2v) is 26.6. The lowest BCUT2D eigenvalue weighted by Gasteiger charge is -2.63. The van der Waals surface area contributed by atoms with Gasteiger partial charge in [-0.25, -0.2) is 4.79 Å². The number of aliphatic carboxylic acids is 1. The van der Waals surface area contributed by atoms with Crippen LogP contribution < -0.4 is 0 Å². The van der Waals surface area contributed by atoms with Crippen LogP contribution in [0.1, 0.15) is 166 Å². The molecule has 448 valence electrons. The highest BCUT2D eigenvalue weighted by Gasteiger charge is 2.69. The quantitative estimate of drug-likeness (QED) is 0.157. The number of rotatable bonds is 8. The smallest absolute Gasteiger partial charge is 0.334 e. The normalized spacial score (nSPS) is 42.7. The van der Waals surface area contributed by atoms with Crippen molar-refractivity contribution in [1.29, 1.82) is 0 Å². The Morgan fingerprint density at radius 1 is 0.549 bits per heavy atom. The first-order valence-electron chi connectivity index (χ1n) is 29.5. The molecule has 2 N–H and O–H groups in total. The number of fused-ring (bicyclic) bond motifs is 9. The van der Waals surface area contributed by atoms with Crippen LogP contribution >= 0.6 is 0 Å². The molecule has 20 atom stereocenters. The molecule has 18 nitrogen and oxygen atoms in total. The Morgan fingerprint density at radius 3 is 1.41 bits per heavy atom. The number of hydrogen-bond acceptors (Lipinski definition) is 17. The van der Waals surface area contributed by atoms with Crippen LogP contribution in [0, 0.1) is 79.8 Å². The number of carbonyl (C=O) groups is 6. The molecule has 3 saturated heterocycles. The lowest BCUT2D eigenvalue weighted by atomic mass is 9.42. The first-order chi connectivity index (χ1) is 39.0. The Bertz CT molecular complexity index is 2860. The molecule has 3 aromatic rings. The molecule has 3 aliphatic heterocycles. The Hall–Kier alpha value is -5.72. The van der Waals surface area contributed by atoms with Crippen molar-refractivity contribution in [2.45, 2.75) is 168 Å². The fourth-order valence-electron chi connectivity index (χ4n) is 19.1. The molecule has 0 bridgehead atoms. The van der Waals surface area contributed by atoms with Crippen LogP contribution in [-0.2, 0) is 61.9 Å². The maximum atomic E-state index is 13.1. The van der Waals surface area contributed by atoms with Gasteiger partial charge in [0, 0.05) is 52.7 Å². The molecule has 8 fully saturated rings. The molecule has 0 spiro atoms. The monoisotopic (exact) mass is 1140 g/mol. The van der Waals surface area contributed by atoms with E-state index in [-0.39, 0.29) is 119 Å². The highest BCUT2D eigenvalue weighted by Crippen LogP contribution is 2.69. The van der Waals surface area contributed by atoms with Crippen molar-refractivity contribution in [2.75, 3.05) is 28.4 Å². The van der Waals surface area contributed by atoms with Crippen molar-refractivity contribution >= 4 is 35.8 Å². The van der Waals surface area contributed by atoms with E-state index in [0.29, 0.717) is 37.7 Å². The van der Waals surface area contributed by atoms with Gasteiger partial charge < -0.3 is 56.6 Å². The third-order valence-corrected chi connectivity index (χ3v) is 23.3. The molecular formula is C64H84O18. The lowest BCUT2D eigenvalue weighted by molar-refractivity contribution is -0.231. The average molecular weight is 1140 g/mol. The minimum atomic E-state index is -0.844. The van der Waals surface area contributed by atoms with Gasteiger partial charge in [0.05, 0.1) is 99.7 Å². The van der Waals surface area contributed by atoms with E-state index in [0.717, 1.165) is 68.1 Å². The molecule has 0 amide bonds. The molecule has 0 radical (unpaired) electrons. The summed E-state index contributed by atoms with van der Waals surface area (Å²) in [7, 11) is 6.21. The summed E-state index contributed by atoms with van der Waals surface area (Å²) in [5, 5.41) is 20.7. The van der Waals surface area contributed by atoms with Gasteiger partial charge in [-0.3, -0.25) is 24.0 Å². The number of carboxylic acids is 1. The number of furan rings is 3. The fraction of sp³-hybridized carbons (Fsp3) is 0.688. The molecule has 11 unspecified atom stereocenters. The maximum absolute atomic E-state index is 13.1. The van der Waals surface area contributed by atoms with Crippen LogP contribution in [0.25, 0.3) is 0 Å². The molecule has 6 aliphatic carbocycles. The lowest BCUT2D eigenvalue weighted by Crippen LogP contribution is -2.64. The van der Waals surface area contributed by atoms with Crippen molar-refractivity contribution < 1.29 is 85.4 Å². The van der Waals surface area contributed by atoms with Crippen molar-refractivity contribution in [3.63, 3.8) is 0 Å². The summed E-state index contributed by atoms with van der Waals surface area (Å²) in [6, 6.07) is 5.52. The largest absolute Gasteiger partial charge is 0.481 e. The number of aliphatic hydroxyl groups excluding tert-OH is 1. The molecule has 18 heteroatoms. The maximum Gasteiger partial charge on any atom is 0.334 e. The van der Waals surface area contributed by atoms with Gasteiger partial charge in [0.25, 0.3) is 0 Å². The first kappa shape index (κ1) is 59.4. The van der Waals surface area contributed by atoms with Gasteiger partial charge in [0.2, 0.25) is 0 Å². The van der Waals surface area contributed by atoms with Gasteiger partial charge in [-0.15, -0.1) is 0 Å². The first-order valence-corrected chi connectivity index (χ1v) is 29.5. The van der Waals surface area contributed by atoms with E-state index in [9.17, 15) is 39.0 Å². The molecule has 5 saturated carbocycles. The number of cyclic esters (lactones) is 3. The SMILES string of the molecule is COC(=O)C1=CCC[C@H]2[C@]3(C)CC(c4ccoc4)OC(=O)C3CC(OC)[C@@]12C.COC(=O)C1CCC[C@@H]2[C@@]1(C)C(OC)CC1C(=O)OC(c3ccoc3)C[C@]12C.C[C@@]12C(O)CC3C(=O)OC(c4ccoc4)C[C@@]3(C)[C@@H]1CCCC2C(=O)O. The van der Waals surface area contributed by atoms with Crippen molar-refractivity contribution in [3.05, 3.63) is 84.1 Å². The topological polar surface area (TPSA) is 247 Å². The Kier molecular flexibility index (Phi) is 16.2. The van der Waals surface area contributed by atoms with E-state index >= 15 is 0 Å². The second-order valence-electron chi connectivity index (χ2n) is 26.6. The van der Waals surface area contributed by atoms with E-state index < -0.39 is 40.2 Å².